The highest BCUT2D eigenvalue weighted by Crippen LogP contribution is 2.29. The van der Waals surface area contributed by atoms with E-state index in [0.29, 0.717) is 18.9 Å². The molecule has 2 aromatic rings. The van der Waals surface area contributed by atoms with Crippen molar-refractivity contribution < 1.29 is 9.13 Å². The summed E-state index contributed by atoms with van der Waals surface area (Å²) in [7, 11) is 1.67. The molecule has 0 unspecified atom stereocenters. The van der Waals surface area contributed by atoms with Gasteiger partial charge in [-0.15, -0.1) is 0 Å². The number of benzene rings is 2. The summed E-state index contributed by atoms with van der Waals surface area (Å²) < 4.78 is 21.3. The van der Waals surface area contributed by atoms with Gasteiger partial charge in [0.05, 0.1) is 7.11 Å². The molecule has 0 atom stereocenters. The molecule has 0 fully saturated rings. The molecule has 0 radical (unpaired) electrons. The Balaban J connectivity index is 2.28. The molecular formula is C25H33BrFNO. The van der Waals surface area contributed by atoms with Crippen molar-refractivity contribution in [2.24, 2.45) is 0 Å². The lowest BCUT2D eigenvalue weighted by Gasteiger charge is -2.32. The van der Waals surface area contributed by atoms with Gasteiger partial charge in [-0.25, -0.2) is 4.39 Å². The molecule has 2 nitrogen and oxygen atoms in total. The van der Waals surface area contributed by atoms with Crippen LogP contribution in [0.25, 0.3) is 5.70 Å². The van der Waals surface area contributed by atoms with Crippen LogP contribution in [0.1, 0.15) is 56.7 Å². The van der Waals surface area contributed by atoms with Gasteiger partial charge in [0, 0.05) is 28.3 Å². The van der Waals surface area contributed by atoms with Gasteiger partial charge >= 0.3 is 0 Å². The van der Waals surface area contributed by atoms with Crippen LogP contribution in [0.15, 0.2) is 47.4 Å². The second-order valence-corrected chi connectivity index (χ2v) is 8.58. The van der Waals surface area contributed by atoms with E-state index in [1.165, 1.54) is 12.8 Å². The minimum Gasteiger partial charge on any atom is -0.496 e. The van der Waals surface area contributed by atoms with Crippen LogP contribution in [-0.4, -0.2) is 24.6 Å². The first-order valence-electron chi connectivity index (χ1n) is 10.4. The summed E-state index contributed by atoms with van der Waals surface area (Å²) in [6.07, 6.45) is 4.77. The molecule has 0 aromatic heterocycles. The van der Waals surface area contributed by atoms with Crippen molar-refractivity contribution in [2.45, 2.75) is 58.9 Å². The Bertz CT molecular complexity index is 818. The SMILES string of the molecule is C=C(c1cccc(F)c1CCc1cc(Br)ccc1OC)N(CCCCC)C(C)C. The molecule has 0 aliphatic rings. The Kier molecular flexibility index (Phi) is 9.22. The van der Waals surface area contributed by atoms with Gasteiger partial charge in [-0.1, -0.05) is 54.4 Å². The van der Waals surface area contributed by atoms with E-state index in [0.717, 1.165) is 45.6 Å². The Labute approximate surface area is 183 Å². The van der Waals surface area contributed by atoms with E-state index in [1.54, 1.807) is 19.2 Å². The van der Waals surface area contributed by atoms with E-state index < -0.39 is 0 Å². The molecule has 2 aromatic carbocycles. The summed E-state index contributed by atoms with van der Waals surface area (Å²) in [5, 5.41) is 0. The Morgan fingerprint density at radius 2 is 1.93 bits per heavy atom. The number of aryl methyl sites for hydroxylation is 1. The van der Waals surface area contributed by atoms with Crippen LogP contribution in [0.4, 0.5) is 4.39 Å². The minimum absolute atomic E-state index is 0.171. The second-order valence-electron chi connectivity index (χ2n) is 7.66. The third kappa shape index (κ3) is 6.33. The summed E-state index contributed by atoms with van der Waals surface area (Å²) in [5.41, 5.74) is 3.60. The lowest BCUT2D eigenvalue weighted by atomic mass is 9.96. The molecule has 158 valence electrons. The molecule has 0 amide bonds. The third-order valence-electron chi connectivity index (χ3n) is 5.29. The fraction of sp³-hybridized carbons (Fsp3) is 0.440. The fourth-order valence-electron chi connectivity index (χ4n) is 3.68. The standard InChI is InChI=1S/C25H33BrFNO/c1-6-7-8-16-28(18(2)3)19(4)22-10-9-11-24(27)23(22)14-12-20-17-21(26)13-15-25(20)29-5/h9-11,13,15,17-18H,4,6-8,12,14,16H2,1-3,5H3. The van der Waals surface area contributed by atoms with Crippen molar-refractivity contribution in [3.63, 3.8) is 0 Å². The van der Waals surface area contributed by atoms with Crippen LogP contribution < -0.4 is 4.74 Å². The summed E-state index contributed by atoms with van der Waals surface area (Å²) in [6.45, 7) is 11.8. The van der Waals surface area contributed by atoms with Gasteiger partial charge < -0.3 is 9.64 Å². The highest BCUT2D eigenvalue weighted by molar-refractivity contribution is 9.10. The summed E-state index contributed by atoms with van der Waals surface area (Å²) >= 11 is 3.52. The zero-order valence-electron chi connectivity index (χ0n) is 18.1. The summed E-state index contributed by atoms with van der Waals surface area (Å²) in [6, 6.07) is 11.6. The number of rotatable bonds is 11. The normalized spacial score (nSPS) is 11.0. The van der Waals surface area contributed by atoms with Crippen LogP contribution in [0.5, 0.6) is 5.75 Å². The number of hydrogen-bond acceptors (Lipinski definition) is 2. The highest BCUT2D eigenvalue weighted by Gasteiger charge is 2.18. The van der Waals surface area contributed by atoms with Crippen LogP contribution >= 0.6 is 15.9 Å². The maximum Gasteiger partial charge on any atom is 0.127 e. The smallest absolute Gasteiger partial charge is 0.127 e. The first-order valence-corrected chi connectivity index (χ1v) is 11.2. The maximum atomic E-state index is 14.8. The van der Waals surface area contributed by atoms with Gasteiger partial charge in [-0.05, 0) is 68.5 Å². The van der Waals surface area contributed by atoms with Crippen molar-refractivity contribution in [3.8, 4) is 5.75 Å². The molecular weight excluding hydrogens is 429 g/mol. The van der Waals surface area contributed by atoms with E-state index in [-0.39, 0.29) is 5.82 Å². The van der Waals surface area contributed by atoms with Gasteiger partial charge in [0.15, 0.2) is 0 Å². The Hall–Kier alpha value is -1.81. The topological polar surface area (TPSA) is 12.5 Å². The third-order valence-corrected chi connectivity index (χ3v) is 5.78. The molecule has 0 spiro atoms. The molecule has 29 heavy (non-hydrogen) atoms. The van der Waals surface area contributed by atoms with Crippen LogP contribution in [0.3, 0.4) is 0 Å². The fourth-order valence-corrected chi connectivity index (χ4v) is 4.09. The Morgan fingerprint density at radius 1 is 1.17 bits per heavy atom. The Morgan fingerprint density at radius 3 is 2.59 bits per heavy atom. The number of ether oxygens (including phenoxy) is 1. The van der Waals surface area contributed by atoms with Crippen molar-refractivity contribution >= 4 is 21.6 Å². The van der Waals surface area contributed by atoms with Crippen molar-refractivity contribution in [1.29, 1.82) is 0 Å². The first-order chi connectivity index (χ1) is 13.9. The molecule has 2 rings (SSSR count). The predicted octanol–water partition coefficient (Wildman–Crippen LogP) is 7.25. The van der Waals surface area contributed by atoms with Crippen LogP contribution in [0, 0.1) is 5.82 Å². The molecule has 0 aliphatic carbocycles. The van der Waals surface area contributed by atoms with Gasteiger partial charge in [-0.3, -0.25) is 0 Å². The van der Waals surface area contributed by atoms with Crippen molar-refractivity contribution in [3.05, 3.63) is 70.0 Å². The monoisotopic (exact) mass is 461 g/mol. The number of nitrogens with zero attached hydrogens (tertiary/aromatic N) is 1. The molecule has 0 saturated carbocycles. The number of methoxy groups -OCH3 is 1. The number of hydrogen-bond donors (Lipinski definition) is 0. The lowest BCUT2D eigenvalue weighted by molar-refractivity contribution is 0.322. The molecule has 0 N–H and O–H groups in total. The van der Waals surface area contributed by atoms with E-state index in [1.807, 2.05) is 24.3 Å². The molecule has 0 bridgehead atoms. The van der Waals surface area contributed by atoms with E-state index in [2.05, 4.69) is 48.2 Å². The van der Waals surface area contributed by atoms with Crippen LogP contribution in [-0.2, 0) is 12.8 Å². The van der Waals surface area contributed by atoms with Gasteiger partial charge in [0.1, 0.15) is 11.6 Å². The number of unbranched alkanes of at least 4 members (excludes halogenated alkanes) is 2. The van der Waals surface area contributed by atoms with Crippen LogP contribution in [0.2, 0.25) is 0 Å². The van der Waals surface area contributed by atoms with Crippen molar-refractivity contribution in [1.82, 2.24) is 4.90 Å². The largest absolute Gasteiger partial charge is 0.496 e. The quantitative estimate of drug-likeness (QED) is 0.326. The predicted molar refractivity (Wildman–Crippen MR) is 125 cm³/mol. The van der Waals surface area contributed by atoms with E-state index >= 15 is 0 Å². The highest BCUT2D eigenvalue weighted by atomic mass is 79.9. The van der Waals surface area contributed by atoms with Crippen molar-refractivity contribution in [2.75, 3.05) is 13.7 Å². The molecule has 4 heteroatoms. The zero-order chi connectivity index (χ0) is 21.4. The first kappa shape index (κ1) is 23.5. The minimum atomic E-state index is -0.171. The second kappa shape index (κ2) is 11.4. The van der Waals surface area contributed by atoms with E-state index in [4.69, 9.17) is 4.74 Å². The summed E-state index contributed by atoms with van der Waals surface area (Å²) in [4.78, 5) is 2.30. The van der Waals surface area contributed by atoms with Gasteiger partial charge in [-0.2, -0.15) is 0 Å². The molecule has 0 saturated heterocycles. The average molecular weight is 462 g/mol. The summed E-state index contributed by atoms with van der Waals surface area (Å²) in [5.74, 6) is 0.656. The van der Waals surface area contributed by atoms with E-state index in [9.17, 15) is 4.39 Å². The van der Waals surface area contributed by atoms with Gasteiger partial charge in [0.2, 0.25) is 0 Å². The zero-order valence-corrected chi connectivity index (χ0v) is 19.7. The molecule has 0 heterocycles. The average Bonchev–Trinajstić information content (AvgIpc) is 2.69. The van der Waals surface area contributed by atoms with Gasteiger partial charge in [0.25, 0.3) is 0 Å². The maximum absolute atomic E-state index is 14.8. The lowest BCUT2D eigenvalue weighted by Crippen LogP contribution is -2.30. The molecule has 0 aliphatic heterocycles. The number of halogens is 2.